The molecule has 0 spiro atoms. The molecule has 0 atom stereocenters. The molecule has 10 heteroatoms. The molecule has 0 aliphatic heterocycles. The van der Waals surface area contributed by atoms with Crippen LogP contribution >= 0.6 is 11.9 Å². The molecule has 1 aromatic heterocycles. The van der Waals surface area contributed by atoms with E-state index in [0.717, 1.165) is 23.9 Å². The molecule has 1 saturated carbocycles. The zero-order valence-corrected chi connectivity index (χ0v) is 23.4. The van der Waals surface area contributed by atoms with Crippen molar-refractivity contribution in [2.75, 3.05) is 63.8 Å². The molecule has 0 bridgehead atoms. The summed E-state index contributed by atoms with van der Waals surface area (Å²) in [6.07, 6.45) is 4.22. The average molecular weight is 559 g/mol. The average Bonchev–Trinajstić information content (AvgIpc) is 3.71. The first kappa shape index (κ1) is 29.1. The molecular weight excluding hydrogens is 523 g/mol. The summed E-state index contributed by atoms with van der Waals surface area (Å²) in [4.78, 5) is 23.8. The molecule has 1 aliphatic rings. The minimum absolute atomic E-state index is 0.00654. The molecule has 1 heterocycles. The Labute approximate surface area is 232 Å². The number of Topliss-reactive ketones (excluding diaryl/α,β-unsaturated/α-hetero) is 1. The number of carbonyl (C=O) groups excluding carboxylic acids is 2. The first-order valence-electron chi connectivity index (χ1n) is 13.1. The van der Waals surface area contributed by atoms with Gasteiger partial charge in [-0.15, -0.1) is 0 Å². The second-order valence-corrected chi connectivity index (χ2v) is 10.1. The number of anilines is 1. The Morgan fingerprint density at radius 3 is 2.33 bits per heavy atom. The minimum atomic E-state index is -0.349. The summed E-state index contributed by atoms with van der Waals surface area (Å²) < 4.78 is 38.4. The lowest BCUT2D eigenvalue weighted by molar-refractivity contribution is -0.122. The van der Waals surface area contributed by atoms with Crippen molar-refractivity contribution in [2.24, 2.45) is 0 Å². The summed E-state index contributed by atoms with van der Waals surface area (Å²) >= 11 is 1.61. The van der Waals surface area contributed by atoms with E-state index in [0.29, 0.717) is 68.0 Å². The number of amides is 1. The third-order valence-corrected chi connectivity index (χ3v) is 7.21. The third kappa shape index (κ3) is 7.60. The lowest BCUT2D eigenvalue weighted by atomic mass is 10.0. The maximum Gasteiger partial charge on any atom is 0.255 e. The number of rotatable bonds is 16. The maximum atomic E-state index is 13.6. The van der Waals surface area contributed by atoms with Crippen LogP contribution in [0.2, 0.25) is 0 Å². The largest absolute Gasteiger partial charge is 0.455 e. The molecular formula is C29H35FN2O6S. The Hall–Kier alpha value is -2.92. The van der Waals surface area contributed by atoms with Crippen LogP contribution in [0.25, 0.3) is 22.3 Å². The highest BCUT2D eigenvalue weighted by molar-refractivity contribution is 7.99. The van der Waals surface area contributed by atoms with Crippen molar-refractivity contribution in [1.29, 1.82) is 0 Å². The zero-order valence-electron chi connectivity index (χ0n) is 22.6. The van der Waals surface area contributed by atoms with Crippen LogP contribution in [0.5, 0.6) is 0 Å². The Morgan fingerprint density at radius 2 is 1.72 bits per heavy atom. The first-order valence-corrected chi connectivity index (χ1v) is 14.2. The van der Waals surface area contributed by atoms with E-state index in [4.69, 9.17) is 18.6 Å². The minimum Gasteiger partial charge on any atom is -0.455 e. The maximum absolute atomic E-state index is 13.6. The van der Waals surface area contributed by atoms with Crippen LogP contribution in [0, 0.1) is 5.82 Å². The number of nitrogens with zero attached hydrogens (tertiary/aromatic N) is 1. The van der Waals surface area contributed by atoms with E-state index < -0.39 is 0 Å². The van der Waals surface area contributed by atoms with Crippen molar-refractivity contribution in [3.05, 3.63) is 53.3 Å². The van der Waals surface area contributed by atoms with Crippen LogP contribution < -0.4 is 9.62 Å². The van der Waals surface area contributed by atoms with E-state index in [1.54, 1.807) is 31.1 Å². The van der Waals surface area contributed by atoms with Gasteiger partial charge in [0.2, 0.25) is 0 Å². The summed E-state index contributed by atoms with van der Waals surface area (Å²) in [6.45, 7) is 4.46. The highest BCUT2D eigenvalue weighted by atomic mass is 32.2. The van der Waals surface area contributed by atoms with Crippen molar-refractivity contribution in [1.82, 2.24) is 5.32 Å². The number of furan rings is 1. The van der Waals surface area contributed by atoms with Gasteiger partial charge in [0, 0.05) is 30.3 Å². The predicted octanol–water partition coefficient (Wildman–Crippen LogP) is 5.20. The van der Waals surface area contributed by atoms with Gasteiger partial charge in [-0.25, -0.2) is 4.39 Å². The third-order valence-electron chi connectivity index (χ3n) is 6.39. The lowest BCUT2D eigenvalue weighted by Gasteiger charge is -2.24. The Kier molecular flexibility index (Phi) is 10.4. The van der Waals surface area contributed by atoms with Gasteiger partial charge in [0.1, 0.15) is 23.8 Å². The Bertz CT molecular complexity index is 1280. The molecule has 0 unspecified atom stereocenters. The van der Waals surface area contributed by atoms with E-state index in [2.05, 4.69) is 15.7 Å². The SMILES string of the molecule is CNC(=O)c1c(-c2ccc(F)cc2)oc2cc(N(CCOCCOCCOCC(C)=O)SC)c(C3CC3)cc12. The summed E-state index contributed by atoms with van der Waals surface area (Å²) in [5.74, 6) is 0.255. The number of hydrogen-bond donors (Lipinski definition) is 1. The van der Waals surface area contributed by atoms with Crippen molar-refractivity contribution >= 4 is 40.3 Å². The van der Waals surface area contributed by atoms with Gasteiger partial charge in [-0.3, -0.25) is 9.59 Å². The monoisotopic (exact) mass is 558 g/mol. The number of fused-ring (bicyclic) bond motifs is 1. The Morgan fingerprint density at radius 1 is 1.05 bits per heavy atom. The number of hydrogen-bond acceptors (Lipinski definition) is 8. The molecule has 1 fully saturated rings. The van der Waals surface area contributed by atoms with Gasteiger partial charge >= 0.3 is 0 Å². The van der Waals surface area contributed by atoms with Gasteiger partial charge in [0.05, 0.1) is 50.8 Å². The van der Waals surface area contributed by atoms with Crippen molar-refractivity contribution < 1.29 is 32.6 Å². The fourth-order valence-corrected chi connectivity index (χ4v) is 4.97. The van der Waals surface area contributed by atoms with Gasteiger partial charge < -0.3 is 28.2 Å². The van der Waals surface area contributed by atoms with Crippen LogP contribution in [0.1, 0.15) is 41.6 Å². The number of ether oxygens (including phenoxy) is 3. The standard InChI is InChI=1S/C29H35FN2O6S/c1-19(33)18-37-15-14-36-13-12-35-11-10-32(39-3)25-17-26-24(16-23(25)20-4-5-20)27(29(34)31-2)28(38-26)21-6-8-22(30)9-7-21/h6-9,16-17,20H,4-5,10-15,18H2,1-3H3,(H,31,34). The summed E-state index contributed by atoms with van der Waals surface area (Å²) in [6, 6.07) is 10.0. The van der Waals surface area contributed by atoms with Gasteiger partial charge in [-0.05, 0) is 61.6 Å². The van der Waals surface area contributed by atoms with Gasteiger partial charge in [0.25, 0.3) is 5.91 Å². The van der Waals surface area contributed by atoms with Crippen LogP contribution in [0.4, 0.5) is 10.1 Å². The van der Waals surface area contributed by atoms with Crippen molar-refractivity contribution in [3.63, 3.8) is 0 Å². The number of benzene rings is 2. The normalized spacial score (nSPS) is 13.1. The summed E-state index contributed by atoms with van der Waals surface area (Å²) in [7, 11) is 1.59. The molecule has 210 valence electrons. The van der Waals surface area contributed by atoms with Crippen LogP contribution in [-0.2, 0) is 19.0 Å². The zero-order chi connectivity index (χ0) is 27.8. The van der Waals surface area contributed by atoms with E-state index >= 15 is 0 Å². The van der Waals surface area contributed by atoms with E-state index in [1.165, 1.54) is 24.6 Å². The van der Waals surface area contributed by atoms with E-state index in [-0.39, 0.29) is 24.1 Å². The molecule has 39 heavy (non-hydrogen) atoms. The van der Waals surface area contributed by atoms with Crippen molar-refractivity contribution in [3.8, 4) is 11.3 Å². The highest BCUT2D eigenvalue weighted by Gasteiger charge is 2.31. The molecule has 1 amide bonds. The molecule has 2 aromatic carbocycles. The fraction of sp³-hybridized carbons (Fsp3) is 0.448. The molecule has 0 radical (unpaired) electrons. The van der Waals surface area contributed by atoms with E-state index in [1.807, 2.05) is 12.3 Å². The quantitative estimate of drug-likeness (QED) is 0.190. The fourth-order valence-electron chi connectivity index (χ4n) is 4.35. The van der Waals surface area contributed by atoms with Gasteiger partial charge in [-0.2, -0.15) is 0 Å². The van der Waals surface area contributed by atoms with Crippen LogP contribution in [0.15, 0.2) is 40.8 Å². The Balaban J connectivity index is 1.47. The van der Waals surface area contributed by atoms with Gasteiger partial charge in [-0.1, -0.05) is 11.9 Å². The molecule has 1 N–H and O–H groups in total. The smallest absolute Gasteiger partial charge is 0.255 e. The second kappa shape index (κ2) is 13.9. The number of halogens is 1. The number of ketones is 1. The molecule has 3 aromatic rings. The second-order valence-electron chi connectivity index (χ2n) is 9.34. The molecule has 1 aliphatic carbocycles. The predicted molar refractivity (Wildman–Crippen MR) is 151 cm³/mol. The number of carbonyl (C=O) groups is 2. The van der Waals surface area contributed by atoms with Gasteiger partial charge in [0.15, 0.2) is 5.78 Å². The van der Waals surface area contributed by atoms with Crippen LogP contribution in [0.3, 0.4) is 0 Å². The summed E-state index contributed by atoms with van der Waals surface area (Å²) in [5.41, 5.74) is 3.93. The summed E-state index contributed by atoms with van der Waals surface area (Å²) in [5, 5.41) is 3.47. The van der Waals surface area contributed by atoms with Crippen LogP contribution in [-0.4, -0.2) is 71.2 Å². The molecule has 8 nitrogen and oxygen atoms in total. The lowest BCUT2D eigenvalue weighted by Crippen LogP contribution is -2.22. The molecule has 0 saturated heterocycles. The van der Waals surface area contributed by atoms with Crippen molar-refractivity contribution in [2.45, 2.75) is 25.7 Å². The van der Waals surface area contributed by atoms with E-state index in [9.17, 15) is 14.0 Å². The highest BCUT2D eigenvalue weighted by Crippen LogP contribution is 2.48. The molecule has 4 rings (SSSR count). The number of nitrogens with one attached hydrogen (secondary N) is 1. The topological polar surface area (TPSA) is 90.2 Å². The first-order chi connectivity index (χ1) is 18.9.